The Morgan fingerprint density at radius 1 is 1.42 bits per heavy atom. The molecule has 1 aromatic rings. The summed E-state index contributed by atoms with van der Waals surface area (Å²) in [6.07, 6.45) is 2.99. The second-order valence-electron chi connectivity index (χ2n) is 4.65. The number of hydrogen-bond donors (Lipinski definition) is 1. The maximum Gasteiger partial charge on any atom is 0.191 e. The third kappa shape index (κ3) is 3.03. The Bertz CT molecular complexity index is 445. The van der Waals surface area contributed by atoms with Crippen LogP contribution in [0.5, 0.6) is 0 Å². The minimum absolute atomic E-state index is 0.629. The molecular formula is C12H19N5OS. The van der Waals surface area contributed by atoms with E-state index in [2.05, 4.69) is 25.6 Å². The van der Waals surface area contributed by atoms with Gasteiger partial charge in [-0.1, -0.05) is 11.8 Å². The Kier molecular flexibility index (Phi) is 3.93. The van der Waals surface area contributed by atoms with Crippen molar-refractivity contribution in [3.05, 3.63) is 11.9 Å². The van der Waals surface area contributed by atoms with Crippen LogP contribution >= 0.6 is 11.8 Å². The summed E-state index contributed by atoms with van der Waals surface area (Å²) in [5.74, 6) is 1.77. The third-order valence-corrected chi connectivity index (χ3v) is 4.30. The van der Waals surface area contributed by atoms with Crippen LogP contribution < -0.4 is 5.73 Å². The Morgan fingerprint density at radius 2 is 2.26 bits per heavy atom. The topological polar surface area (TPSA) is 68.7 Å². The molecule has 0 radical (unpaired) electrons. The summed E-state index contributed by atoms with van der Waals surface area (Å²) in [4.78, 5) is 11.1. The number of fused-ring (bicyclic) bond motifs is 1. The van der Waals surface area contributed by atoms with Crippen LogP contribution in [0.2, 0.25) is 0 Å². The van der Waals surface area contributed by atoms with E-state index in [9.17, 15) is 0 Å². The summed E-state index contributed by atoms with van der Waals surface area (Å²) >= 11 is 1.82. The number of morpholine rings is 1. The van der Waals surface area contributed by atoms with Crippen LogP contribution in [0.3, 0.4) is 0 Å². The summed E-state index contributed by atoms with van der Waals surface area (Å²) in [5, 5.41) is 1.14. The monoisotopic (exact) mass is 281 g/mol. The van der Waals surface area contributed by atoms with Crippen LogP contribution in [0.4, 0.5) is 0 Å². The van der Waals surface area contributed by atoms with Crippen molar-refractivity contribution in [2.24, 2.45) is 10.7 Å². The van der Waals surface area contributed by atoms with Crippen LogP contribution in [0, 0.1) is 0 Å². The van der Waals surface area contributed by atoms with E-state index in [0.29, 0.717) is 12.5 Å². The summed E-state index contributed by atoms with van der Waals surface area (Å²) in [6, 6.07) is 0. The van der Waals surface area contributed by atoms with E-state index in [-0.39, 0.29) is 0 Å². The van der Waals surface area contributed by atoms with Gasteiger partial charge in [0.1, 0.15) is 0 Å². The lowest BCUT2D eigenvalue weighted by molar-refractivity contribution is 0.0674. The Morgan fingerprint density at radius 3 is 3.05 bits per heavy atom. The van der Waals surface area contributed by atoms with Crippen LogP contribution in [-0.2, 0) is 17.7 Å². The molecule has 2 aliphatic rings. The van der Waals surface area contributed by atoms with E-state index < -0.39 is 0 Å². The number of aromatic nitrogens is 2. The minimum atomic E-state index is 0.629. The second kappa shape index (κ2) is 5.83. The van der Waals surface area contributed by atoms with E-state index in [1.165, 1.54) is 0 Å². The van der Waals surface area contributed by atoms with E-state index >= 15 is 0 Å². The molecular weight excluding hydrogens is 262 g/mol. The number of ether oxygens (including phenoxy) is 1. The highest BCUT2D eigenvalue weighted by Gasteiger charge is 2.14. The molecule has 0 unspecified atom stereocenters. The number of guanidine groups is 1. The molecule has 3 heterocycles. The molecule has 3 rings (SSSR count). The highest BCUT2D eigenvalue weighted by molar-refractivity contribution is 7.99. The minimum Gasteiger partial charge on any atom is -0.378 e. The average Bonchev–Trinajstić information content (AvgIpc) is 3.00. The van der Waals surface area contributed by atoms with Crippen LogP contribution in [0.1, 0.15) is 5.69 Å². The quantitative estimate of drug-likeness (QED) is 0.632. The van der Waals surface area contributed by atoms with Crippen molar-refractivity contribution in [3.63, 3.8) is 0 Å². The molecule has 0 saturated carbocycles. The average molecular weight is 281 g/mol. The van der Waals surface area contributed by atoms with Gasteiger partial charge in [-0.2, -0.15) is 0 Å². The van der Waals surface area contributed by atoms with Gasteiger partial charge in [-0.15, -0.1) is 0 Å². The third-order valence-electron chi connectivity index (χ3n) is 3.33. The van der Waals surface area contributed by atoms with Crippen molar-refractivity contribution < 1.29 is 4.74 Å². The van der Waals surface area contributed by atoms with Gasteiger partial charge in [0.05, 0.1) is 18.9 Å². The van der Waals surface area contributed by atoms with E-state index in [4.69, 9.17) is 10.5 Å². The molecule has 7 heteroatoms. The van der Waals surface area contributed by atoms with E-state index in [0.717, 1.165) is 55.9 Å². The van der Waals surface area contributed by atoms with Gasteiger partial charge in [0.2, 0.25) is 0 Å². The predicted octanol–water partition coefficient (Wildman–Crippen LogP) is 0.178. The standard InChI is InChI=1S/C12H19N5OS/c13-11(16-3-6-18-7-4-16)14-2-1-10-9-17-5-8-19-12(17)15-10/h9H,1-8H2,(H2,13,14). The Hall–Kier alpha value is -1.21. The first-order valence-electron chi connectivity index (χ1n) is 6.64. The van der Waals surface area contributed by atoms with Gasteiger partial charge in [-0.05, 0) is 0 Å². The van der Waals surface area contributed by atoms with Gasteiger partial charge >= 0.3 is 0 Å². The molecule has 0 bridgehead atoms. The number of aryl methyl sites for hydroxylation is 1. The van der Waals surface area contributed by atoms with E-state index in [1.807, 2.05) is 11.8 Å². The highest BCUT2D eigenvalue weighted by Crippen LogP contribution is 2.24. The highest BCUT2D eigenvalue weighted by atomic mass is 32.2. The number of rotatable bonds is 3. The first-order valence-corrected chi connectivity index (χ1v) is 7.63. The lowest BCUT2D eigenvalue weighted by Crippen LogP contribution is -2.44. The molecule has 0 amide bonds. The van der Waals surface area contributed by atoms with Crippen LogP contribution in [0.25, 0.3) is 0 Å². The van der Waals surface area contributed by atoms with Crippen LogP contribution in [-0.4, -0.2) is 59.0 Å². The van der Waals surface area contributed by atoms with Gasteiger partial charge in [0.15, 0.2) is 11.1 Å². The van der Waals surface area contributed by atoms with Gasteiger partial charge in [-0.3, -0.25) is 4.99 Å². The largest absolute Gasteiger partial charge is 0.378 e. The van der Waals surface area contributed by atoms with Crippen molar-refractivity contribution in [2.45, 2.75) is 18.1 Å². The molecule has 2 aliphatic heterocycles. The van der Waals surface area contributed by atoms with Crippen molar-refractivity contribution in [3.8, 4) is 0 Å². The smallest absolute Gasteiger partial charge is 0.191 e. The first-order chi connectivity index (χ1) is 9.33. The molecule has 104 valence electrons. The normalized spacial score (nSPS) is 19.8. The Balaban J connectivity index is 1.51. The molecule has 6 nitrogen and oxygen atoms in total. The molecule has 1 fully saturated rings. The zero-order valence-electron chi connectivity index (χ0n) is 10.9. The molecule has 1 saturated heterocycles. The molecule has 19 heavy (non-hydrogen) atoms. The van der Waals surface area contributed by atoms with Crippen LogP contribution in [0.15, 0.2) is 16.3 Å². The lowest BCUT2D eigenvalue weighted by atomic mass is 10.3. The van der Waals surface area contributed by atoms with Gasteiger partial charge in [0, 0.05) is 44.5 Å². The number of nitrogens with zero attached hydrogens (tertiary/aromatic N) is 4. The van der Waals surface area contributed by atoms with Gasteiger partial charge < -0.3 is 19.9 Å². The summed E-state index contributed by atoms with van der Waals surface area (Å²) < 4.78 is 7.51. The molecule has 0 atom stereocenters. The van der Waals surface area contributed by atoms with Gasteiger partial charge in [0.25, 0.3) is 0 Å². The fourth-order valence-electron chi connectivity index (χ4n) is 2.26. The maximum absolute atomic E-state index is 5.98. The first kappa shape index (κ1) is 12.8. The van der Waals surface area contributed by atoms with E-state index in [1.54, 1.807) is 0 Å². The fraction of sp³-hybridized carbons (Fsp3) is 0.667. The van der Waals surface area contributed by atoms with Crippen molar-refractivity contribution in [1.82, 2.24) is 14.5 Å². The van der Waals surface area contributed by atoms with Crippen molar-refractivity contribution in [2.75, 3.05) is 38.6 Å². The molecule has 2 N–H and O–H groups in total. The molecule has 1 aromatic heterocycles. The number of thioether (sulfide) groups is 1. The zero-order valence-corrected chi connectivity index (χ0v) is 11.7. The van der Waals surface area contributed by atoms with Gasteiger partial charge in [-0.25, -0.2) is 4.98 Å². The SMILES string of the molecule is NC(=NCCc1cn2c(n1)SCC2)N1CCOCC1. The zero-order chi connectivity index (χ0) is 13.1. The molecule has 0 spiro atoms. The lowest BCUT2D eigenvalue weighted by Gasteiger charge is -2.27. The molecule has 0 aliphatic carbocycles. The Labute approximate surface area is 117 Å². The summed E-state index contributed by atoms with van der Waals surface area (Å²) in [5.41, 5.74) is 7.09. The molecule has 0 aromatic carbocycles. The number of imidazole rings is 1. The van der Waals surface area contributed by atoms with Crippen molar-refractivity contribution >= 4 is 17.7 Å². The summed E-state index contributed by atoms with van der Waals surface area (Å²) in [6.45, 7) is 4.93. The number of hydrogen-bond acceptors (Lipinski definition) is 4. The fourth-order valence-corrected chi connectivity index (χ4v) is 3.22. The maximum atomic E-state index is 5.98. The number of nitrogens with two attached hydrogens (primary N) is 1. The summed E-state index contributed by atoms with van der Waals surface area (Å²) in [7, 11) is 0. The number of aliphatic imine (C=N–C) groups is 1. The predicted molar refractivity (Wildman–Crippen MR) is 75.5 cm³/mol. The second-order valence-corrected chi connectivity index (χ2v) is 5.71. The van der Waals surface area contributed by atoms with Crippen molar-refractivity contribution in [1.29, 1.82) is 0 Å².